The fourth-order valence-corrected chi connectivity index (χ4v) is 4.49. The molecule has 2 heterocycles. The van der Waals surface area contributed by atoms with E-state index in [2.05, 4.69) is 59.0 Å². The summed E-state index contributed by atoms with van der Waals surface area (Å²) in [5.74, 6) is 0. The average Bonchev–Trinajstić information content (AvgIpc) is 3.13. The molecule has 1 fully saturated rings. The van der Waals surface area contributed by atoms with E-state index in [4.69, 9.17) is 0 Å². The van der Waals surface area contributed by atoms with E-state index < -0.39 is 0 Å². The van der Waals surface area contributed by atoms with Gasteiger partial charge in [0.15, 0.2) is 0 Å². The maximum atomic E-state index is 11.5. The molecular formula is C26H31N3O. The Bertz CT molecular complexity index is 1040. The summed E-state index contributed by atoms with van der Waals surface area (Å²) in [5, 5.41) is 1.27. The molecule has 1 aliphatic heterocycles. The highest BCUT2D eigenvalue weighted by Gasteiger charge is 2.14. The van der Waals surface area contributed by atoms with E-state index in [0.717, 1.165) is 29.9 Å². The van der Waals surface area contributed by atoms with Gasteiger partial charge in [0.2, 0.25) is 6.41 Å². The van der Waals surface area contributed by atoms with Crippen LogP contribution < -0.4 is 4.90 Å². The van der Waals surface area contributed by atoms with Gasteiger partial charge in [-0.1, -0.05) is 42.8 Å². The van der Waals surface area contributed by atoms with Gasteiger partial charge in [-0.3, -0.25) is 9.69 Å². The predicted molar refractivity (Wildman–Crippen MR) is 126 cm³/mol. The van der Waals surface area contributed by atoms with Crippen molar-refractivity contribution in [2.45, 2.75) is 39.8 Å². The lowest BCUT2D eigenvalue weighted by atomic mass is 10.0. The third kappa shape index (κ3) is 4.19. The Morgan fingerprint density at radius 3 is 2.53 bits per heavy atom. The first-order chi connectivity index (χ1) is 14.7. The summed E-state index contributed by atoms with van der Waals surface area (Å²) in [4.78, 5) is 15.8. The van der Waals surface area contributed by atoms with Gasteiger partial charge in [-0.15, -0.1) is 0 Å². The zero-order chi connectivity index (χ0) is 20.9. The zero-order valence-electron chi connectivity index (χ0n) is 18.1. The summed E-state index contributed by atoms with van der Waals surface area (Å²) in [7, 11) is 0. The Balaban J connectivity index is 1.72. The fraction of sp³-hybridized carbons (Fsp3) is 0.346. The Morgan fingerprint density at radius 2 is 1.77 bits per heavy atom. The van der Waals surface area contributed by atoms with Gasteiger partial charge in [0.25, 0.3) is 0 Å². The Kier molecular flexibility index (Phi) is 6.34. The second-order valence-corrected chi connectivity index (χ2v) is 8.13. The van der Waals surface area contributed by atoms with Crippen molar-refractivity contribution in [1.82, 2.24) is 9.47 Å². The standard InChI is InChI=1S/C26H31N3O/c1-3-28(20-30)25-13-7-5-11-23(25)21(2)17-22-18-29(19-27-15-9-4-10-16-27)26-14-8-6-12-24(22)26/h5-8,11-14,17-18,20H,3-4,9-10,15-16,19H2,1-2H3/b21-17+. The highest BCUT2D eigenvalue weighted by molar-refractivity contribution is 5.97. The van der Waals surface area contributed by atoms with Crippen LogP contribution in [-0.2, 0) is 11.5 Å². The molecule has 3 aromatic rings. The summed E-state index contributed by atoms with van der Waals surface area (Å²) in [6, 6.07) is 16.8. The summed E-state index contributed by atoms with van der Waals surface area (Å²) >= 11 is 0. The van der Waals surface area contributed by atoms with Crippen LogP contribution in [0.15, 0.2) is 54.7 Å². The van der Waals surface area contributed by atoms with E-state index in [1.165, 1.54) is 48.8 Å². The van der Waals surface area contributed by atoms with Gasteiger partial charge in [0, 0.05) is 34.8 Å². The van der Waals surface area contributed by atoms with Crippen LogP contribution in [-0.4, -0.2) is 35.5 Å². The quantitative estimate of drug-likeness (QED) is 0.480. The number of hydrogen-bond acceptors (Lipinski definition) is 2. The number of benzene rings is 2. The fourth-order valence-electron chi connectivity index (χ4n) is 4.49. The van der Waals surface area contributed by atoms with Gasteiger partial charge in [0.1, 0.15) is 0 Å². The molecule has 4 rings (SSSR count). The number of rotatable bonds is 7. The molecule has 0 saturated carbocycles. The number of fused-ring (bicyclic) bond motifs is 1. The summed E-state index contributed by atoms with van der Waals surface area (Å²) in [6.07, 6.45) is 9.40. The second-order valence-electron chi connectivity index (χ2n) is 8.13. The van der Waals surface area contributed by atoms with Crippen LogP contribution in [0.4, 0.5) is 5.69 Å². The largest absolute Gasteiger partial charge is 0.333 e. The van der Waals surface area contributed by atoms with E-state index in [1.54, 1.807) is 4.90 Å². The first-order valence-electron chi connectivity index (χ1n) is 11.0. The van der Waals surface area contributed by atoms with Crippen molar-refractivity contribution >= 4 is 34.6 Å². The molecule has 0 atom stereocenters. The lowest BCUT2D eigenvalue weighted by Gasteiger charge is -2.27. The molecule has 0 unspecified atom stereocenters. The van der Waals surface area contributed by atoms with Gasteiger partial charge in [-0.2, -0.15) is 0 Å². The smallest absolute Gasteiger partial charge is 0.214 e. The molecule has 1 aromatic heterocycles. The number of carbonyl (C=O) groups is 1. The summed E-state index contributed by atoms with van der Waals surface area (Å²) < 4.78 is 2.38. The molecule has 0 aliphatic carbocycles. The lowest BCUT2D eigenvalue weighted by molar-refractivity contribution is -0.107. The number of likely N-dealkylation sites (tertiary alicyclic amines) is 1. The Hall–Kier alpha value is -2.85. The minimum absolute atomic E-state index is 0.656. The van der Waals surface area contributed by atoms with Gasteiger partial charge < -0.3 is 9.47 Å². The molecule has 4 heteroatoms. The molecule has 1 aliphatic rings. The summed E-state index contributed by atoms with van der Waals surface area (Å²) in [6.45, 7) is 8.10. The first-order valence-corrected chi connectivity index (χ1v) is 11.0. The third-order valence-corrected chi connectivity index (χ3v) is 6.10. The van der Waals surface area contributed by atoms with Crippen molar-refractivity contribution in [2.24, 2.45) is 0 Å². The molecule has 30 heavy (non-hydrogen) atoms. The van der Waals surface area contributed by atoms with Gasteiger partial charge >= 0.3 is 0 Å². The number of para-hydroxylation sites is 2. The van der Waals surface area contributed by atoms with Gasteiger partial charge in [0.05, 0.1) is 12.4 Å². The number of amides is 1. The van der Waals surface area contributed by atoms with E-state index in [0.29, 0.717) is 6.54 Å². The molecule has 1 saturated heterocycles. The van der Waals surface area contributed by atoms with Crippen molar-refractivity contribution in [3.8, 4) is 0 Å². The maximum Gasteiger partial charge on any atom is 0.214 e. The molecule has 0 bridgehead atoms. The number of carbonyl (C=O) groups excluding carboxylic acids is 1. The number of aromatic nitrogens is 1. The van der Waals surface area contributed by atoms with Crippen LogP contribution in [0.3, 0.4) is 0 Å². The number of hydrogen-bond donors (Lipinski definition) is 0. The lowest BCUT2D eigenvalue weighted by Crippen LogP contribution is -2.31. The Labute approximate surface area is 179 Å². The van der Waals surface area contributed by atoms with Crippen LogP contribution in [0.1, 0.15) is 44.2 Å². The second kappa shape index (κ2) is 9.31. The zero-order valence-corrected chi connectivity index (χ0v) is 18.1. The van der Waals surface area contributed by atoms with Crippen molar-refractivity contribution < 1.29 is 4.79 Å². The van der Waals surface area contributed by atoms with Crippen molar-refractivity contribution in [2.75, 3.05) is 24.5 Å². The minimum Gasteiger partial charge on any atom is -0.333 e. The van der Waals surface area contributed by atoms with Crippen LogP contribution in [0, 0.1) is 0 Å². The minimum atomic E-state index is 0.656. The number of piperidine rings is 1. The van der Waals surface area contributed by atoms with Crippen molar-refractivity contribution in [3.63, 3.8) is 0 Å². The molecular weight excluding hydrogens is 370 g/mol. The first kappa shape index (κ1) is 20.4. The Morgan fingerprint density at radius 1 is 1.03 bits per heavy atom. The molecule has 4 nitrogen and oxygen atoms in total. The number of anilines is 1. The SMILES string of the molecule is CCN(C=O)c1ccccc1/C(C)=C/c1cn(CN2CCCCC2)c2ccccc12. The predicted octanol–water partition coefficient (Wildman–Crippen LogP) is 5.63. The van der Waals surface area contributed by atoms with E-state index in [-0.39, 0.29) is 0 Å². The van der Waals surface area contributed by atoms with Gasteiger partial charge in [-0.25, -0.2) is 0 Å². The topological polar surface area (TPSA) is 28.5 Å². The number of nitrogens with zero attached hydrogens (tertiary/aromatic N) is 3. The van der Waals surface area contributed by atoms with E-state index in [9.17, 15) is 4.79 Å². The monoisotopic (exact) mass is 401 g/mol. The van der Waals surface area contributed by atoms with E-state index >= 15 is 0 Å². The molecule has 0 N–H and O–H groups in total. The average molecular weight is 402 g/mol. The van der Waals surface area contributed by atoms with Crippen molar-refractivity contribution in [3.05, 3.63) is 65.9 Å². The molecule has 0 radical (unpaired) electrons. The van der Waals surface area contributed by atoms with Crippen LogP contribution in [0.25, 0.3) is 22.6 Å². The molecule has 2 aromatic carbocycles. The molecule has 1 amide bonds. The van der Waals surface area contributed by atoms with Crippen LogP contribution in [0.2, 0.25) is 0 Å². The van der Waals surface area contributed by atoms with Crippen LogP contribution >= 0.6 is 0 Å². The van der Waals surface area contributed by atoms with Gasteiger partial charge in [-0.05, 0) is 63.6 Å². The maximum absolute atomic E-state index is 11.5. The highest BCUT2D eigenvalue weighted by atomic mass is 16.1. The summed E-state index contributed by atoms with van der Waals surface area (Å²) in [5.41, 5.74) is 5.72. The third-order valence-electron chi connectivity index (χ3n) is 6.10. The number of allylic oxidation sites excluding steroid dienone is 1. The van der Waals surface area contributed by atoms with E-state index in [1.807, 2.05) is 25.1 Å². The van der Waals surface area contributed by atoms with Crippen LogP contribution in [0.5, 0.6) is 0 Å². The molecule has 0 spiro atoms. The highest BCUT2D eigenvalue weighted by Crippen LogP contribution is 2.31. The normalized spacial score (nSPS) is 15.5. The molecule has 156 valence electrons. The van der Waals surface area contributed by atoms with Crippen molar-refractivity contribution in [1.29, 1.82) is 0 Å².